The molecule has 1 aromatic heterocycles. The molecular formula is C12H13ClN4. The minimum Gasteiger partial charge on any atom is -0.382 e. The molecule has 0 amide bonds. The van der Waals surface area contributed by atoms with Crippen LogP contribution in [0.1, 0.15) is 25.3 Å². The number of halogens is 1. The smallest absolute Gasteiger partial charge is 0.150 e. The fourth-order valence-electron chi connectivity index (χ4n) is 2.02. The number of anilines is 1. The van der Waals surface area contributed by atoms with E-state index in [1.54, 1.807) is 0 Å². The van der Waals surface area contributed by atoms with E-state index in [9.17, 15) is 0 Å². The summed E-state index contributed by atoms with van der Waals surface area (Å²) in [5.74, 6) is 0.650. The van der Waals surface area contributed by atoms with Gasteiger partial charge in [0.2, 0.25) is 0 Å². The zero-order valence-electron chi connectivity index (χ0n) is 9.31. The highest BCUT2D eigenvalue weighted by Gasteiger charge is 2.24. The van der Waals surface area contributed by atoms with E-state index < -0.39 is 0 Å². The van der Waals surface area contributed by atoms with Crippen molar-refractivity contribution in [3.63, 3.8) is 0 Å². The molecule has 1 aromatic carbocycles. The van der Waals surface area contributed by atoms with E-state index in [-0.39, 0.29) is 0 Å². The lowest BCUT2D eigenvalue weighted by molar-refractivity contribution is 0.288. The highest BCUT2D eigenvalue weighted by molar-refractivity contribution is 6.30. The van der Waals surface area contributed by atoms with Crippen molar-refractivity contribution >= 4 is 17.4 Å². The number of aromatic nitrogens is 3. The van der Waals surface area contributed by atoms with Crippen LogP contribution in [0.15, 0.2) is 24.3 Å². The molecule has 4 nitrogen and oxygen atoms in total. The average molecular weight is 249 g/mol. The van der Waals surface area contributed by atoms with Crippen LogP contribution in [-0.4, -0.2) is 15.0 Å². The molecule has 0 atom stereocenters. The van der Waals surface area contributed by atoms with Crippen molar-refractivity contribution in [2.24, 2.45) is 0 Å². The van der Waals surface area contributed by atoms with Crippen molar-refractivity contribution in [1.82, 2.24) is 15.0 Å². The first-order valence-electron chi connectivity index (χ1n) is 5.72. The largest absolute Gasteiger partial charge is 0.382 e. The minimum atomic E-state index is 0.434. The van der Waals surface area contributed by atoms with Crippen LogP contribution in [0.25, 0.3) is 11.3 Å². The summed E-state index contributed by atoms with van der Waals surface area (Å²) in [6.45, 7) is 0. The third-order valence-corrected chi connectivity index (χ3v) is 3.52. The van der Waals surface area contributed by atoms with Gasteiger partial charge < -0.3 is 5.73 Å². The molecule has 2 N–H and O–H groups in total. The van der Waals surface area contributed by atoms with Gasteiger partial charge in [-0.15, -0.1) is 5.10 Å². The van der Waals surface area contributed by atoms with Crippen molar-refractivity contribution in [3.8, 4) is 11.3 Å². The number of nitrogens with zero attached hydrogens (tertiary/aromatic N) is 3. The van der Waals surface area contributed by atoms with Crippen molar-refractivity contribution in [2.75, 3.05) is 5.73 Å². The Bertz CT molecular complexity index is 528. The molecule has 0 bridgehead atoms. The standard InChI is InChI=1S/C12H13ClN4/c13-9-6-4-8(5-7-9)11-12(14)17(16-15-11)10-2-1-3-10/h4-7,10H,1-3,14H2. The molecule has 0 radical (unpaired) electrons. The molecular weight excluding hydrogens is 236 g/mol. The number of nitrogen functional groups attached to an aromatic ring is 1. The summed E-state index contributed by atoms with van der Waals surface area (Å²) in [4.78, 5) is 0. The Hall–Kier alpha value is -1.55. The highest BCUT2D eigenvalue weighted by Crippen LogP contribution is 2.35. The van der Waals surface area contributed by atoms with Gasteiger partial charge in [-0.25, -0.2) is 4.68 Å². The summed E-state index contributed by atoms with van der Waals surface area (Å²) in [5.41, 5.74) is 7.79. The van der Waals surface area contributed by atoms with Gasteiger partial charge in [0, 0.05) is 10.6 Å². The van der Waals surface area contributed by atoms with Crippen LogP contribution in [0.5, 0.6) is 0 Å². The maximum Gasteiger partial charge on any atom is 0.150 e. The maximum atomic E-state index is 6.09. The number of rotatable bonds is 2. The summed E-state index contributed by atoms with van der Waals surface area (Å²) in [6, 6.07) is 7.92. The van der Waals surface area contributed by atoms with Crippen LogP contribution >= 0.6 is 11.6 Å². The summed E-state index contributed by atoms with van der Waals surface area (Å²) in [5, 5.41) is 9.02. The van der Waals surface area contributed by atoms with E-state index in [4.69, 9.17) is 17.3 Å². The topological polar surface area (TPSA) is 56.7 Å². The first-order valence-corrected chi connectivity index (χ1v) is 6.10. The molecule has 1 aliphatic rings. The van der Waals surface area contributed by atoms with Crippen LogP contribution in [0.3, 0.4) is 0 Å². The fourth-order valence-corrected chi connectivity index (χ4v) is 2.14. The maximum absolute atomic E-state index is 6.09. The molecule has 1 saturated carbocycles. The van der Waals surface area contributed by atoms with Gasteiger partial charge in [-0.3, -0.25) is 0 Å². The van der Waals surface area contributed by atoms with E-state index in [0.717, 1.165) is 24.1 Å². The first kappa shape index (κ1) is 10.6. The van der Waals surface area contributed by atoms with Crippen LogP contribution < -0.4 is 5.73 Å². The first-order chi connectivity index (χ1) is 8.25. The van der Waals surface area contributed by atoms with Crippen molar-refractivity contribution in [1.29, 1.82) is 0 Å². The van der Waals surface area contributed by atoms with Crippen molar-refractivity contribution in [2.45, 2.75) is 25.3 Å². The molecule has 1 heterocycles. The van der Waals surface area contributed by atoms with E-state index in [2.05, 4.69) is 10.3 Å². The summed E-state index contributed by atoms with van der Waals surface area (Å²) >= 11 is 5.85. The van der Waals surface area contributed by atoms with Crippen LogP contribution in [0, 0.1) is 0 Å². The van der Waals surface area contributed by atoms with Gasteiger partial charge in [-0.05, 0) is 31.4 Å². The molecule has 1 aliphatic carbocycles. The quantitative estimate of drug-likeness (QED) is 0.889. The lowest BCUT2D eigenvalue weighted by atomic mass is 9.93. The van der Waals surface area contributed by atoms with E-state index in [0.29, 0.717) is 16.9 Å². The third kappa shape index (κ3) is 1.78. The second-order valence-electron chi connectivity index (χ2n) is 4.36. The predicted octanol–water partition coefficient (Wildman–Crippen LogP) is 2.91. The number of nitrogens with two attached hydrogens (primary N) is 1. The minimum absolute atomic E-state index is 0.434. The Morgan fingerprint density at radius 2 is 1.94 bits per heavy atom. The van der Waals surface area contributed by atoms with E-state index >= 15 is 0 Å². The van der Waals surface area contributed by atoms with E-state index in [1.807, 2.05) is 28.9 Å². The Morgan fingerprint density at radius 1 is 1.24 bits per heavy atom. The molecule has 88 valence electrons. The molecule has 0 aliphatic heterocycles. The van der Waals surface area contributed by atoms with Gasteiger partial charge in [0.15, 0.2) is 5.82 Å². The SMILES string of the molecule is Nc1c(-c2ccc(Cl)cc2)nnn1C1CCC1. The van der Waals surface area contributed by atoms with Crippen LogP contribution in [0.2, 0.25) is 5.02 Å². The molecule has 17 heavy (non-hydrogen) atoms. The second-order valence-corrected chi connectivity index (χ2v) is 4.80. The zero-order chi connectivity index (χ0) is 11.8. The fraction of sp³-hybridized carbons (Fsp3) is 0.333. The van der Waals surface area contributed by atoms with E-state index in [1.165, 1.54) is 6.42 Å². The molecule has 0 spiro atoms. The van der Waals surface area contributed by atoms with Crippen LogP contribution in [0.4, 0.5) is 5.82 Å². The Morgan fingerprint density at radius 3 is 2.53 bits per heavy atom. The summed E-state index contributed by atoms with van der Waals surface area (Å²) < 4.78 is 1.84. The second kappa shape index (κ2) is 4.04. The number of benzene rings is 1. The Labute approximate surface area is 104 Å². The third-order valence-electron chi connectivity index (χ3n) is 3.27. The normalized spacial score (nSPS) is 15.8. The lowest BCUT2D eigenvalue weighted by Crippen LogP contribution is -2.19. The molecule has 0 unspecified atom stereocenters. The van der Waals surface area contributed by atoms with Gasteiger partial charge in [0.25, 0.3) is 0 Å². The molecule has 0 saturated heterocycles. The van der Waals surface area contributed by atoms with Gasteiger partial charge in [-0.2, -0.15) is 0 Å². The van der Waals surface area contributed by atoms with Crippen molar-refractivity contribution < 1.29 is 0 Å². The molecule has 5 heteroatoms. The van der Waals surface area contributed by atoms with Gasteiger partial charge in [-0.1, -0.05) is 28.9 Å². The zero-order valence-corrected chi connectivity index (χ0v) is 10.1. The molecule has 3 rings (SSSR count). The Balaban J connectivity index is 1.97. The average Bonchev–Trinajstić information content (AvgIpc) is 2.60. The predicted molar refractivity (Wildman–Crippen MR) is 67.8 cm³/mol. The number of hydrogen-bond acceptors (Lipinski definition) is 3. The Kier molecular flexibility index (Phi) is 2.52. The molecule has 1 fully saturated rings. The van der Waals surface area contributed by atoms with Crippen molar-refractivity contribution in [3.05, 3.63) is 29.3 Å². The lowest BCUT2D eigenvalue weighted by Gasteiger charge is -2.25. The number of hydrogen-bond donors (Lipinski definition) is 1. The molecule has 2 aromatic rings. The summed E-state index contributed by atoms with van der Waals surface area (Å²) in [6.07, 6.45) is 3.54. The van der Waals surface area contributed by atoms with Gasteiger partial charge >= 0.3 is 0 Å². The monoisotopic (exact) mass is 248 g/mol. The van der Waals surface area contributed by atoms with Gasteiger partial charge in [0.05, 0.1) is 6.04 Å². The highest BCUT2D eigenvalue weighted by atomic mass is 35.5. The summed E-state index contributed by atoms with van der Waals surface area (Å²) in [7, 11) is 0. The van der Waals surface area contributed by atoms with Gasteiger partial charge in [0.1, 0.15) is 5.69 Å². The van der Waals surface area contributed by atoms with Crippen LogP contribution in [-0.2, 0) is 0 Å².